The van der Waals surface area contributed by atoms with Crippen LogP contribution < -0.4 is 20.4 Å². The highest BCUT2D eigenvalue weighted by Crippen LogP contribution is 2.33. The van der Waals surface area contributed by atoms with Crippen LogP contribution in [0.4, 0.5) is 17.5 Å². The summed E-state index contributed by atoms with van der Waals surface area (Å²) < 4.78 is 5.54. The number of anilines is 3. The number of hydrogen-bond acceptors (Lipinski definition) is 11. The Kier molecular flexibility index (Phi) is 6.11. The van der Waals surface area contributed by atoms with Crippen molar-refractivity contribution >= 4 is 45.2 Å². The van der Waals surface area contributed by atoms with Crippen LogP contribution in [0.25, 0.3) is 16.4 Å². The average molecular weight is 494 g/mol. The largest absolute Gasteiger partial charge is 0.400 e. The van der Waals surface area contributed by atoms with Gasteiger partial charge in [-0.1, -0.05) is 11.3 Å². The summed E-state index contributed by atoms with van der Waals surface area (Å²) in [4.78, 5) is 31.4. The first-order valence-corrected chi connectivity index (χ1v) is 13.3. The Morgan fingerprint density at radius 3 is 2.51 bits per heavy atom. The van der Waals surface area contributed by atoms with Crippen molar-refractivity contribution in [1.29, 1.82) is 0 Å². The van der Waals surface area contributed by atoms with Gasteiger partial charge in [-0.2, -0.15) is 0 Å². The molecule has 35 heavy (non-hydrogen) atoms. The lowest BCUT2D eigenvalue weighted by atomic mass is 9.99. The van der Waals surface area contributed by atoms with E-state index >= 15 is 0 Å². The Morgan fingerprint density at radius 1 is 1.00 bits per heavy atom. The third kappa shape index (κ3) is 4.50. The van der Waals surface area contributed by atoms with Gasteiger partial charge in [0.1, 0.15) is 28.3 Å². The first kappa shape index (κ1) is 22.4. The fraction of sp³-hybridized carbons (Fsp3) is 0.542. The molecule has 1 atom stereocenters. The second-order valence-electron chi connectivity index (χ2n) is 9.32. The van der Waals surface area contributed by atoms with Crippen molar-refractivity contribution in [3.05, 3.63) is 28.9 Å². The van der Waals surface area contributed by atoms with E-state index in [-0.39, 0.29) is 6.04 Å². The van der Waals surface area contributed by atoms with Gasteiger partial charge in [-0.3, -0.25) is 0 Å². The number of hydrogen-bond donors (Lipinski definition) is 1. The molecule has 3 aromatic heterocycles. The standard InChI is InChI=1S/C24H31N9OS/c1-16-28-22-23(26-15-27-24(22)35-16)33-8-3-2-5-18(33)17(25)13-19-29-20(31-6-4-7-31)14-21(30-19)32-9-11-34-12-10-32/h13-15,18H,2-12,25H2,1H3. The monoisotopic (exact) mass is 493 g/mol. The Bertz CT molecular complexity index is 1230. The van der Waals surface area contributed by atoms with Gasteiger partial charge >= 0.3 is 0 Å². The molecule has 3 aliphatic rings. The van der Waals surface area contributed by atoms with Crippen LogP contribution in [0.3, 0.4) is 0 Å². The van der Waals surface area contributed by atoms with E-state index in [9.17, 15) is 0 Å². The van der Waals surface area contributed by atoms with Gasteiger partial charge in [0.25, 0.3) is 0 Å². The fourth-order valence-electron chi connectivity index (χ4n) is 5.00. The maximum absolute atomic E-state index is 6.79. The molecule has 0 aromatic carbocycles. The van der Waals surface area contributed by atoms with Crippen LogP contribution in [-0.4, -0.2) is 76.9 Å². The highest BCUT2D eigenvalue weighted by Gasteiger charge is 2.29. The summed E-state index contributed by atoms with van der Waals surface area (Å²) >= 11 is 1.60. The zero-order valence-corrected chi connectivity index (χ0v) is 20.9. The molecule has 3 aromatic rings. The van der Waals surface area contributed by atoms with Crippen LogP contribution in [0.1, 0.15) is 36.5 Å². The summed E-state index contributed by atoms with van der Waals surface area (Å²) in [5.74, 6) is 3.45. The van der Waals surface area contributed by atoms with Crippen LogP contribution in [0.5, 0.6) is 0 Å². The van der Waals surface area contributed by atoms with Gasteiger partial charge < -0.3 is 25.2 Å². The summed E-state index contributed by atoms with van der Waals surface area (Å²) in [5, 5.41) is 0.991. The van der Waals surface area contributed by atoms with Gasteiger partial charge in [0.2, 0.25) is 0 Å². The molecule has 3 saturated heterocycles. The molecule has 10 nitrogen and oxygen atoms in total. The number of aromatic nitrogens is 5. The number of ether oxygens (including phenoxy) is 1. The zero-order valence-electron chi connectivity index (χ0n) is 20.1. The second-order valence-corrected chi connectivity index (χ2v) is 10.5. The van der Waals surface area contributed by atoms with E-state index < -0.39 is 0 Å². The van der Waals surface area contributed by atoms with Crippen molar-refractivity contribution in [2.45, 2.75) is 38.6 Å². The topological polar surface area (TPSA) is 109 Å². The molecule has 0 radical (unpaired) electrons. The van der Waals surface area contributed by atoms with Crippen molar-refractivity contribution in [2.75, 3.05) is 60.6 Å². The molecule has 3 aliphatic heterocycles. The Labute approximate surface area is 208 Å². The van der Waals surface area contributed by atoms with Crippen LogP contribution in [0.15, 0.2) is 18.1 Å². The third-order valence-corrected chi connectivity index (χ3v) is 7.85. The molecule has 1 unspecified atom stereocenters. The van der Waals surface area contributed by atoms with Crippen molar-refractivity contribution in [3.8, 4) is 0 Å². The number of morpholine rings is 1. The Hall–Kier alpha value is -3.05. The van der Waals surface area contributed by atoms with E-state index in [1.807, 2.05) is 13.0 Å². The third-order valence-electron chi connectivity index (χ3n) is 6.97. The molecule has 2 N–H and O–H groups in total. The summed E-state index contributed by atoms with van der Waals surface area (Å²) in [6.45, 7) is 8.07. The summed E-state index contributed by atoms with van der Waals surface area (Å²) in [6.07, 6.45) is 7.97. The molecule has 0 spiro atoms. The van der Waals surface area contributed by atoms with Crippen LogP contribution in [-0.2, 0) is 4.74 Å². The second kappa shape index (κ2) is 9.54. The average Bonchev–Trinajstić information content (AvgIpc) is 3.23. The van der Waals surface area contributed by atoms with E-state index in [1.165, 1.54) is 6.42 Å². The lowest BCUT2D eigenvalue weighted by molar-refractivity contribution is 0.122. The first-order valence-electron chi connectivity index (χ1n) is 12.4. The molecule has 0 aliphatic carbocycles. The van der Waals surface area contributed by atoms with E-state index in [0.717, 1.165) is 104 Å². The van der Waals surface area contributed by atoms with Gasteiger partial charge in [-0.05, 0) is 32.6 Å². The number of rotatable bonds is 5. The molecule has 0 saturated carbocycles. The summed E-state index contributed by atoms with van der Waals surface area (Å²) in [7, 11) is 0. The lowest BCUT2D eigenvalue weighted by Gasteiger charge is -2.37. The number of nitrogens with two attached hydrogens (primary N) is 1. The number of aryl methyl sites for hydroxylation is 1. The predicted octanol–water partition coefficient (Wildman–Crippen LogP) is 2.59. The van der Waals surface area contributed by atoms with E-state index in [1.54, 1.807) is 17.7 Å². The van der Waals surface area contributed by atoms with Gasteiger partial charge in [0.15, 0.2) is 11.6 Å². The maximum Gasteiger partial charge on any atom is 0.160 e. The Balaban J connectivity index is 1.34. The van der Waals surface area contributed by atoms with Crippen LogP contribution in [0, 0.1) is 6.92 Å². The van der Waals surface area contributed by atoms with Crippen molar-refractivity contribution in [1.82, 2.24) is 24.9 Å². The van der Waals surface area contributed by atoms with E-state index in [2.05, 4.69) is 30.7 Å². The number of piperidine rings is 1. The lowest BCUT2D eigenvalue weighted by Crippen LogP contribution is -2.43. The molecule has 6 rings (SSSR count). The molecule has 11 heteroatoms. The van der Waals surface area contributed by atoms with Gasteiger partial charge in [-0.25, -0.2) is 24.9 Å². The van der Waals surface area contributed by atoms with E-state index in [4.69, 9.17) is 25.4 Å². The zero-order chi connectivity index (χ0) is 23.8. The molecule has 3 fully saturated rings. The van der Waals surface area contributed by atoms with Crippen molar-refractivity contribution in [3.63, 3.8) is 0 Å². The minimum Gasteiger partial charge on any atom is -0.400 e. The molecular formula is C24H31N9OS. The van der Waals surface area contributed by atoms with Gasteiger partial charge in [-0.15, -0.1) is 0 Å². The number of fused-ring (bicyclic) bond motifs is 1. The highest BCUT2D eigenvalue weighted by atomic mass is 32.1. The minimum absolute atomic E-state index is 0.0203. The minimum atomic E-state index is 0.0203. The molecular weight excluding hydrogens is 462 g/mol. The maximum atomic E-state index is 6.79. The molecule has 0 amide bonds. The predicted molar refractivity (Wildman–Crippen MR) is 139 cm³/mol. The van der Waals surface area contributed by atoms with Crippen molar-refractivity contribution < 1.29 is 4.74 Å². The Morgan fingerprint density at radius 2 is 1.77 bits per heavy atom. The normalized spacial score (nSPS) is 21.5. The molecule has 0 bridgehead atoms. The van der Waals surface area contributed by atoms with E-state index in [0.29, 0.717) is 5.82 Å². The highest BCUT2D eigenvalue weighted by molar-refractivity contribution is 7.18. The fourth-order valence-corrected chi connectivity index (χ4v) is 5.75. The quantitative estimate of drug-likeness (QED) is 0.569. The van der Waals surface area contributed by atoms with Crippen LogP contribution in [0.2, 0.25) is 0 Å². The first-order chi connectivity index (χ1) is 17.2. The van der Waals surface area contributed by atoms with Crippen molar-refractivity contribution in [2.24, 2.45) is 5.73 Å². The van der Waals surface area contributed by atoms with Crippen LogP contribution >= 0.6 is 11.3 Å². The summed E-state index contributed by atoms with van der Waals surface area (Å²) in [6, 6.07) is 2.12. The molecule has 184 valence electrons. The van der Waals surface area contributed by atoms with Gasteiger partial charge in [0, 0.05) is 50.6 Å². The SMILES string of the molecule is Cc1nc2c(N3CCCCC3C(N)=Cc3nc(N4CCC4)cc(N4CCOCC4)n3)ncnc2s1. The van der Waals surface area contributed by atoms with Gasteiger partial charge in [0.05, 0.1) is 24.3 Å². The summed E-state index contributed by atoms with van der Waals surface area (Å²) in [5.41, 5.74) is 8.41. The number of thiazole rings is 1. The molecule has 6 heterocycles. The number of nitrogens with zero attached hydrogens (tertiary/aromatic N) is 8. The smallest absolute Gasteiger partial charge is 0.160 e.